The van der Waals surface area contributed by atoms with Crippen LogP contribution in [-0.2, 0) is 0 Å². The summed E-state index contributed by atoms with van der Waals surface area (Å²) in [6.07, 6.45) is 1.99. The van der Waals surface area contributed by atoms with Gasteiger partial charge in [-0.15, -0.1) is 11.8 Å². The van der Waals surface area contributed by atoms with E-state index in [0.29, 0.717) is 23.7 Å². The van der Waals surface area contributed by atoms with Crippen LogP contribution in [0, 0.1) is 0 Å². The van der Waals surface area contributed by atoms with Crippen LogP contribution in [0.5, 0.6) is 5.75 Å². The molecule has 7 nitrogen and oxygen atoms in total. The molecule has 1 aromatic carbocycles. The molecule has 1 aliphatic rings. The number of H-pyrrole nitrogens is 1. The topological polar surface area (TPSA) is 101 Å². The molecule has 8 heteroatoms. The Kier molecular flexibility index (Phi) is 5.52. The third-order valence-corrected chi connectivity index (χ3v) is 4.83. The van der Waals surface area contributed by atoms with E-state index in [-0.39, 0.29) is 28.5 Å². The summed E-state index contributed by atoms with van der Waals surface area (Å²) in [5.74, 6) is 0.177. The van der Waals surface area contributed by atoms with E-state index in [4.69, 9.17) is 4.74 Å². The number of ketones is 2. The zero-order chi connectivity index (χ0) is 18.5. The summed E-state index contributed by atoms with van der Waals surface area (Å²) in [6.45, 7) is 0.507. The number of thioether (sulfide) groups is 1. The molecule has 0 unspecified atom stereocenters. The Bertz CT molecular complexity index is 874. The van der Waals surface area contributed by atoms with Gasteiger partial charge in [-0.25, -0.2) is 0 Å². The smallest absolute Gasteiger partial charge is 0.269 e. The number of nitrogens with zero attached hydrogens (tertiary/aromatic N) is 1. The molecule has 0 aliphatic heterocycles. The molecule has 0 saturated heterocycles. The first-order valence-corrected chi connectivity index (χ1v) is 9.02. The number of nitrogens with one attached hydrogen (secondary N) is 2. The highest BCUT2D eigenvalue weighted by atomic mass is 32.2. The molecule has 0 bridgehead atoms. The average Bonchev–Trinajstić information content (AvgIpc) is 3.11. The minimum absolute atomic E-state index is 0.00893. The van der Waals surface area contributed by atoms with E-state index < -0.39 is 5.91 Å². The van der Waals surface area contributed by atoms with Gasteiger partial charge in [0.25, 0.3) is 5.91 Å². The van der Waals surface area contributed by atoms with Crippen LogP contribution in [0.3, 0.4) is 0 Å². The third-order valence-electron chi connectivity index (χ3n) is 3.73. The largest absolute Gasteiger partial charge is 0.494 e. The minimum Gasteiger partial charge on any atom is -0.494 e. The van der Waals surface area contributed by atoms with Gasteiger partial charge in [-0.2, -0.15) is 5.10 Å². The van der Waals surface area contributed by atoms with Crippen molar-refractivity contribution in [1.29, 1.82) is 0 Å². The maximum Gasteiger partial charge on any atom is 0.269 e. The van der Waals surface area contributed by atoms with Crippen LogP contribution < -0.4 is 10.1 Å². The van der Waals surface area contributed by atoms with Crippen LogP contribution >= 0.6 is 11.8 Å². The summed E-state index contributed by atoms with van der Waals surface area (Å²) < 4.78 is 5.60. The lowest BCUT2D eigenvalue weighted by Gasteiger charge is -2.12. The van der Waals surface area contributed by atoms with E-state index >= 15 is 0 Å². The van der Waals surface area contributed by atoms with Crippen molar-refractivity contribution in [1.82, 2.24) is 15.5 Å². The zero-order valence-corrected chi connectivity index (χ0v) is 14.9. The van der Waals surface area contributed by atoms with Crippen LogP contribution in [0.2, 0.25) is 0 Å². The molecule has 0 fully saturated rings. The van der Waals surface area contributed by atoms with Crippen molar-refractivity contribution >= 4 is 29.2 Å². The average molecular weight is 371 g/mol. The fourth-order valence-electron chi connectivity index (χ4n) is 2.46. The number of aromatic amines is 1. The van der Waals surface area contributed by atoms with Crippen molar-refractivity contribution in [3.05, 3.63) is 58.3 Å². The van der Waals surface area contributed by atoms with E-state index in [9.17, 15) is 14.4 Å². The van der Waals surface area contributed by atoms with Gasteiger partial charge in [0, 0.05) is 18.9 Å². The van der Waals surface area contributed by atoms with Gasteiger partial charge in [0.05, 0.1) is 17.1 Å². The number of para-hydroxylation sites is 1. The fraction of sp³-hybridized carbons (Fsp3) is 0.222. The van der Waals surface area contributed by atoms with Crippen molar-refractivity contribution in [2.75, 3.05) is 19.4 Å². The van der Waals surface area contributed by atoms with E-state index in [1.165, 1.54) is 24.9 Å². The zero-order valence-electron chi connectivity index (χ0n) is 14.1. The Balaban J connectivity index is 1.59. The highest BCUT2D eigenvalue weighted by Crippen LogP contribution is 2.29. The Morgan fingerprint density at radius 1 is 1.27 bits per heavy atom. The van der Waals surface area contributed by atoms with Crippen molar-refractivity contribution in [2.45, 2.75) is 6.42 Å². The Labute approximate surface area is 154 Å². The first-order valence-electron chi connectivity index (χ1n) is 8.03. The number of allylic oxidation sites excluding steroid dienone is 2. The van der Waals surface area contributed by atoms with Crippen molar-refractivity contribution in [3.8, 4) is 5.75 Å². The molecular formula is C18H17N3O4S. The molecule has 1 aliphatic carbocycles. The van der Waals surface area contributed by atoms with Crippen LogP contribution in [0.1, 0.15) is 37.8 Å². The fourth-order valence-corrected chi connectivity index (χ4v) is 3.37. The molecule has 134 valence electrons. The molecular weight excluding hydrogens is 354 g/mol. The van der Waals surface area contributed by atoms with Gasteiger partial charge in [0.1, 0.15) is 17.1 Å². The van der Waals surface area contributed by atoms with Crippen LogP contribution in [0.4, 0.5) is 0 Å². The number of rotatable bonds is 7. The quantitative estimate of drug-likeness (QED) is 0.724. The van der Waals surface area contributed by atoms with Crippen LogP contribution in [0.15, 0.2) is 41.3 Å². The normalized spacial score (nSPS) is 13.2. The Morgan fingerprint density at radius 3 is 2.77 bits per heavy atom. The predicted molar refractivity (Wildman–Crippen MR) is 97.7 cm³/mol. The molecule has 1 aromatic heterocycles. The van der Waals surface area contributed by atoms with Crippen molar-refractivity contribution < 1.29 is 19.1 Å². The number of carbonyl (C=O) groups is 3. The highest BCUT2D eigenvalue weighted by molar-refractivity contribution is 8.04. The number of hydrogen-bond acceptors (Lipinski definition) is 6. The summed E-state index contributed by atoms with van der Waals surface area (Å²) >= 11 is 1.28. The molecule has 1 amide bonds. The standard InChI is InChI=1S/C18H17N3O4S/c1-19-18(24)16-14-15(20-21-16)12(22)10-13(17(14)23)26-9-5-8-25-11-6-3-2-4-7-11/h2-4,6-7,10H,5,8-9H2,1H3,(H,19,24)(H,20,21). The van der Waals surface area contributed by atoms with Crippen molar-refractivity contribution in [2.24, 2.45) is 0 Å². The number of amides is 1. The van der Waals surface area contributed by atoms with Gasteiger partial charge in [-0.3, -0.25) is 19.5 Å². The lowest BCUT2D eigenvalue weighted by atomic mass is 9.99. The van der Waals surface area contributed by atoms with Gasteiger partial charge in [0.15, 0.2) is 0 Å². The molecule has 0 saturated carbocycles. The molecule has 2 aromatic rings. The molecule has 26 heavy (non-hydrogen) atoms. The van der Waals surface area contributed by atoms with Gasteiger partial charge in [-0.1, -0.05) is 18.2 Å². The summed E-state index contributed by atoms with van der Waals surface area (Å²) in [7, 11) is 1.45. The SMILES string of the molecule is CNC(=O)c1[nH]nc2c1C(=O)C(SCCCOc1ccccc1)=CC2=O. The second kappa shape index (κ2) is 8.01. The maximum atomic E-state index is 12.6. The molecule has 0 atom stereocenters. The lowest BCUT2D eigenvalue weighted by Crippen LogP contribution is -2.23. The molecule has 2 N–H and O–H groups in total. The van der Waals surface area contributed by atoms with Gasteiger partial charge >= 0.3 is 0 Å². The first kappa shape index (κ1) is 17.9. The van der Waals surface area contributed by atoms with Crippen LogP contribution in [-0.4, -0.2) is 47.1 Å². The molecule has 0 spiro atoms. The summed E-state index contributed by atoms with van der Waals surface area (Å²) in [6, 6.07) is 9.46. The molecule has 1 heterocycles. The number of hydrogen-bond donors (Lipinski definition) is 2. The van der Waals surface area contributed by atoms with Crippen LogP contribution in [0.25, 0.3) is 0 Å². The Hall–Kier alpha value is -2.87. The number of ether oxygens (including phenoxy) is 1. The second-order valence-corrected chi connectivity index (χ2v) is 6.60. The lowest BCUT2D eigenvalue weighted by molar-refractivity contribution is 0.0945. The van der Waals surface area contributed by atoms with Gasteiger partial charge < -0.3 is 10.1 Å². The summed E-state index contributed by atoms with van der Waals surface area (Å²) in [4.78, 5) is 37.0. The number of aromatic nitrogens is 2. The molecule has 3 rings (SSSR count). The second-order valence-electron chi connectivity index (χ2n) is 5.47. The van der Waals surface area contributed by atoms with E-state index in [1.807, 2.05) is 30.3 Å². The van der Waals surface area contributed by atoms with Crippen molar-refractivity contribution in [3.63, 3.8) is 0 Å². The maximum absolute atomic E-state index is 12.6. The number of benzene rings is 1. The van der Waals surface area contributed by atoms with E-state index in [1.54, 1.807) is 0 Å². The first-order chi connectivity index (χ1) is 12.6. The van der Waals surface area contributed by atoms with Gasteiger partial charge in [-0.05, 0) is 18.6 Å². The van der Waals surface area contributed by atoms with E-state index in [0.717, 1.165) is 5.75 Å². The number of Topliss-reactive ketones (excluding diaryl/α,β-unsaturated/α-hetero) is 1. The van der Waals surface area contributed by atoms with Gasteiger partial charge in [0.2, 0.25) is 11.6 Å². The highest BCUT2D eigenvalue weighted by Gasteiger charge is 2.33. The number of carbonyl (C=O) groups excluding carboxylic acids is 3. The van der Waals surface area contributed by atoms with E-state index in [2.05, 4.69) is 15.5 Å². The predicted octanol–water partition coefficient (Wildman–Crippen LogP) is 2.23. The minimum atomic E-state index is -0.484. The third kappa shape index (κ3) is 3.70. The summed E-state index contributed by atoms with van der Waals surface area (Å²) in [5.41, 5.74) is 0.0460. The monoisotopic (exact) mass is 371 g/mol. The number of fused-ring (bicyclic) bond motifs is 1. The molecule has 0 radical (unpaired) electrons. The summed E-state index contributed by atoms with van der Waals surface area (Å²) in [5, 5.41) is 8.71. The Morgan fingerprint density at radius 2 is 2.04 bits per heavy atom.